The maximum Gasteiger partial charge on any atom is 0.315 e. The fraction of sp³-hybridized carbons (Fsp3) is 0.240. The van der Waals surface area contributed by atoms with E-state index >= 15 is 0 Å². The predicted octanol–water partition coefficient (Wildman–Crippen LogP) is 4.18. The van der Waals surface area contributed by atoms with Crippen LogP contribution in [0.25, 0.3) is 0 Å². The first-order valence-corrected chi connectivity index (χ1v) is 12.1. The standard InChI is InChI=1S/C25H29N3O3S/c1-19(22-14-9-15-23(18-22)32(30,31)26-2)28-25(29)27-17-16-24(20-10-5-3-6-11-20)21-12-7-4-8-13-21/h3-15,18-19,24,26H,16-17H2,1-2H3,(H2,27,28,29). The topological polar surface area (TPSA) is 87.3 Å². The third-order valence-electron chi connectivity index (χ3n) is 5.41. The molecule has 1 unspecified atom stereocenters. The Morgan fingerprint density at radius 2 is 1.41 bits per heavy atom. The third-order valence-corrected chi connectivity index (χ3v) is 6.82. The quantitative estimate of drug-likeness (QED) is 0.456. The molecule has 0 bridgehead atoms. The number of rotatable bonds is 9. The first kappa shape index (κ1) is 23.5. The van der Waals surface area contributed by atoms with Gasteiger partial charge in [-0.15, -0.1) is 0 Å². The van der Waals surface area contributed by atoms with Crippen LogP contribution in [-0.2, 0) is 10.0 Å². The number of nitrogens with one attached hydrogen (secondary N) is 3. The molecule has 1 atom stereocenters. The molecule has 2 amide bonds. The van der Waals surface area contributed by atoms with E-state index in [1.807, 2.05) is 43.3 Å². The Morgan fingerprint density at radius 1 is 0.844 bits per heavy atom. The molecule has 0 fully saturated rings. The summed E-state index contributed by atoms with van der Waals surface area (Å²) in [7, 11) is -2.17. The monoisotopic (exact) mass is 451 g/mol. The van der Waals surface area contributed by atoms with Crippen LogP contribution in [0, 0.1) is 0 Å². The Labute approximate surface area is 190 Å². The Kier molecular flexibility index (Phi) is 8.03. The van der Waals surface area contributed by atoms with Crippen molar-refractivity contribution in [1.82, 2.24) is 15.4 Å². The van der Waals surface area contributed by atoms with Gasteiger partial charge in [-0.05, 0) is 49.2 Å². The molecule has 0 aliphatic carbocycles. The second-order valence-corrected chi connectivity index (χ2v) is 9.45. The molecule has 0 spiro atoms. The van der Waals surface area contributed by atoms with Crippen LogP contribution < -0.4 is 15.4 Å². The lowest BCUT2D eigenvalue weighted by molar-refractivity contribution is 0.237. The second kappa shape index (κ2) is 10.9. The molecule has 168 valence electrons. The molecule has 32 heavy (non-hydrogen) atoms. The van der Waals surface area contributed by atoms with Gasteiger partial charge >= 0.3 is 6.03 Å². The van der Waals surface area contributed by atoms with Gasteiger partial charge in [-0.1, -0.05) is 72.8 Å². The van der Waals surface area contributed by atoms with Crippen molar-refractivity contribution < 1.29 is 13.2 Å². The van der Waals surface area contributed by atoms with Crippen LogP contribution in [-0.4, -0.2) is 28.0 Å². The summed E-state index contributed by atoms with van der Waals surface area (Å²) in [6.45, 7) is 2.32. The molecule has 6 nitrogen and oxygen atoms in total. The first-order chi connectivity index (χ1) is 15.4. The molecule has 7 heteroatoms. The molecule has 0 radical (unpaired) electrons. The van der Waals surface area contributed by atoms with Crippen LogP contribution in [0.3, 0.4) is 0 Å². The van der Waals surface area contributed by atoms with Crippen molar-refractivity contribution in [3.63, 3.8) is 0 Å². The molecule has 0 aliphatic heterocycles. The maximum atomic E-state index is 12.5. The Hall–Kier alpha value is -3.16. The largest absolute Gasteiger partial charge is 0.338 e. The average Bonchev–Trinajstić information content (AvgIpc) is 2.83. The second-order valence-electron chi connectivity index (χ2n) is 7.56. The number of amides is 2. The lowest BCUT2D eigenvalue weighted by Crippen LogP contribution is -2.38. The van der Waals surface area contributed by atoms with E-state index in [9.17, 15) is 13.2 Å². The molecule has 0 heterocycles. The van der Waals surface area contributed by atoms with Crippen LogP contribution >= 0.6 is 0 Å². The lowest BCUT2D eigenvalue weighted by Gasteiger charge is -2.20. The Bertz CT molecular complexity index is 1080. The van der Waals surface area contributed by atoms with Crippen molar-refractivity contribution in [3.8, 4) is 0 Å². The van der Waals surface area contributed by atoms with Gasteiger partial charge in [-0.3, -0.25) is 0 Å². The molecule has 0 saturated carbocycles. The van der Waals surface area contributed by atoms with Gasteiger partial charge in [0.1, 0.15) is 0 Å². The van der Waals surface area contributed by atoms with Crippen molar-refractivity contribution >= 4 is 16.1 Å². The van der Waals surface area contributed by atoms with Crippen molar-refractivity contribution in [2.75, 3.05) is 13.6 Å². The fourth-order valence-corrected chi connectivity index (χ4v) is 4.41. The Morgan fingerprint density at radius 3 is 1.97 bits per heavy atom. The molecule has 3 rings (SSSR count). The van der Waals surface area contributed by atoms with E-state index in [0.29, 0.717) is 12.1 Å². The summed E-state index contributed by atoms with van der Waals surface area (Å²) >= 11 is 0. The van der Waals surface area contributed by atoms with Gasteiger partial charge in [0.25, 0.3) is 0 Å². The van der Waals surface area contributed by atoms with Gasteiger partial charge in [0, 0.05) is 12.5 Å². The molecule has 3 aromatic rings. The van der Waals surface area contributed by atoms with Crippen LogP contribution in [0.2, 0.25) is 0 Å². The van der Waals surface area contributed by atoms with Gasteiger partial charge in [0.05, 0.1) is 10.9 Å². The minimum atomic E-state index is -3.54. The van der Waals surface area contributed by atoms with Gasteiger partial charge in [-0.2, -0.15) is 0 Å². The number of sulfonamides is 1. The van der Waals surface area contributed by atoms with E-state index < -0.39 is 10.0 Å². The third kappa shape index (κ3) is 6.18. The number of hydrogen-bond donors (Lipinski definition) is 3. The van der Waals surface area contributed by atoms with Gasteiger partial charge < -0.3 is 10.6 Å². The average molecular weight is 452 g/mol. The molecule has 0 aromatic heterocycles. The highest BCUT2D eigenvalue weighted by molar-refractivity contribution is 7.89. The summed E-state index contributed by atoms with van der Waals surface area (Å²) in [5, 5.41) is 5.81. The summed E-state index contributed by atoms with van der Waals surface area (Å²) in [6, 6.07) is 26.4. The van der Waals surface area contributed by atoms with E-state index in [4.69, 9.17) is 0 Å². The van der Waals surface area contributed by atoms with E-state index in [0.717, 1.165) is 6.42 Å². The van der Waals surface area contributed by atoms with Crippen molar-refractivity contribution in [2.45, 2.75) is 30.2 Å². The molecule has 3 aromatic carbocycles. The zero-order chi connectivity index (χ0) is 23.0. The number of carbonyl (C=O) groups excluding carboxylic acids is 1. The number of urea groups is 1. The van der Waals surface area contributed by atoms with Crippen LogP contribution in [0.15, 0.2) is 89.8 Å². The van der Waals surface area contributed by atoms with Crippen molar-refractivity contribution in [2.24, 2.45) is 0 Å². The smallest absolute Gasteiger partial charge is 0.315 e. The number of benzene rings is 3. The lowest BCUT2D eigenvalue weighted by atomic mass is 9.88. The molecule has 0 aliphatic rings. The highest BCUT2D eigenvalue weighted by Crippen LogP contribution is 2.27. The zero-order valence-electron chi connectivity index (χ0n) is 18.3. The highest BCUT2D eigenvalue weighted by Gasteiger charge is 2.17. The van der Waals surface area contributed by atoms with E-state index in [1.54, 1.807) is 18.2 Å². The van der Waals surface area contributed by atoms with Crippen molar-refractivity contribution in [1.29, 1.82) is 0 Å². The van der Waals surface area contributed by atoms with Crippen LogP contribution in [0.4, 0.5) is 4.79 Å². The van der Waals surface area contributed by atoms with Crippen molar-refractivity contribution in [3.05, 3.63) is 102 Å². The number of hydrogen-bond acceptors (Lipinski definition) is 3. The summed E-state index contributed by atoms with van der Waals surface area (Å²) in [5.41, 5.74) is 3.12. The molecule has 0 saturated heterocycles. The van der Waals surface area contributed by atoms with Gasteiger partial charge in [0.15, 0.2) is 0 Å². The summed E-state index contributed by atoms with van der Waals surface area (Å²) < 4.78 is 26.4. The maximum absolute atomic E-state index is 12.5. The van der Waals surface area contributed by atoms with Crippen LogP contribution in [0.1, 0.15) is 42.0 Å². The van der Waals surface area contributed by atoms with E-state index in [1.165, 1.54) is 24.2 Å². The van der Waals surface area contributed by atoms with Crippen LogP contribution in [0.5, 0.6) is 0 Å². The summed E-state index contributed by atoms with van der Waals surface area (Å²) in [6.07, 6.45) is 0.756. The first-order valence-electron chi connectivity index (χ1n) is 10.6. The SMILES string of the molecule is CNS(=O)(=O)c1cccc(C(C)NC(=O)NCCC(c2ccccc2)c2ccccc2)c1. The molecular weight excluding hydrogens is 422 g/mol. The zero-order valence-corrected chi connectivity index (χ0v) is 19.1. The summed E-state index contributed by atoms with van der Waals surface area (Å²) in [4.78, 5) is 12.6. The Balaban J connectivity index is 1.60. The van der Waals surface area contributed by atoms with E-state index in [-0.39, 0.29) is 22.9 Å². The molecule has 3 N–H and O–H groups in total. The minimum Gasteiger partial charge on any atom is -0.338 e. The summed E-state index contributed by atoms with van der Waals surface area (Å²) in [5.74, 6) is 0.179. The minimum absolute atomic E-state index is 0.167. The van der Waals surface area contributed by atoms with Gasteiger partial charge in [-0.25, -0.2) is 17.9 Å². The number of carbonyl (C=O) groups is 1. The normalized spacial score (nSPS) is 12.3. The highest BCUT2D eigenvalue weighted by atomic mass is 32.2. The predicted molar refractivity (Wildman–Crippen MR) is 127 cm³/mol. The van der Waals surface area contributed by atoms with Gasteiger partial charge in [0.2, 0.25) is 10.0 Å². The fourth-order valence-electron chi connectivity index (χ4n) is 3.63. The molecular formula is C25H29N3O3S. The van der Waals surface area contributed by atoms with E-state index in [2.05, 4.69) is 39.6 Å².